The van der Waals surface area contributed by atoms with Crippen LogP contribution in [-0.4, -0.2) is 16.0 Å². The summed E-state index contributed by atoms with van der Waals surface area (Å²) in [6.45, 7) is 3.72. The number of ketones is 1. The van der Waals surface area contributed by atoms with Crippen LogP contribution in [0.25, 0.3) is 0 Å². The molecule has 0 fully saturated rings. The van der Waals surface area contributed by atoms with Gasteiger partial charge in [0.15, 0.2) is 5.78 Å². The fourth-order valence-corrected chi connectivity index (χ4v) is 2.16. The molecule has 0 saturated carbocycles. The number of halogens is 2. The van der Waals surface area contributed by atoms with Crippen molar-refractivity contribution in [2.75, 3.05) is 0 Å². The van der Waals surface area contributed by atoms with Crippen molar-refractivity contribution in [1.82, 2.24) is 10.2 Å². The lowest BCUT2D eigenvalue weighted by Crippen LogP contribution is -2.09. The molecule has 0 N–H and O–H groups in total. The van der Waals surface area contributed by atoms with E-state index in [1.807, 2.05) is 6.92 Å². The number of aromatic nitrogens is 2. The van der Waals surface area contributed by atoms with Crippen molar-refractivity contribution in [3.8, 4) is 0 Å². The summed E-state index contributed by atoms with van der Waals surface area (Å²) in [6, 6.07) is 6.56. The molecule has 5 heteroatoms. The smallest absolute Gasteiger partial charge is 0.196 e. The third-order valence-electron chi connectivity index (χ3n) is 2.75. The van der Waals surface area contributed by atoms with Crippen molar-refractivity contribution >= 4 is 29.0 Å². The number of nitrogens with zero attached hydrogens (tertiary/aromatic N) is 2. The second-order valence-corrected chi connectivity index (χ2v) is 5.00. The van der Waals surface area contributed by atoms with Gasteiger partial charge in [-0.2, -0.15) is 10.2 Å². The lowest BCUT2D eigenvalue weighted by Gasteiger charge is -2.08. The summed E-state index contributed by atoms with van der Waals surface area (Å²) in [4.78, 5) is 12.5. The fourth-order valence-electron chi connectivity index (χ4n) is 1.79. The number of benzene rings is 1. The Kier molecular flexibility index (Phi) is 4.17. The first-order valence-electron chi connectivity index (χ1n) is 5.86. The van der Waals surface area contributed by atoms with E-state index in [9.17, 15) is 4.79 Å². The van der Waals surface area contributed by atoms with Crippen LogP contribution in [-0.2, 0) is 6.42 Å². The Morgan fingerprint density at radius 2 is 1.89 bits per heavy atom. The van der Waals surface area contributed by atoms with Gasteiger partial charge < -0.3 is 0 Å². The lowest BCUT2D eigenvalue weighted by molar-refractivity contribution is 0.103. The summed E-state index contributed by atoms with van der Waals surface area (Å²) in [5, 5.41) is 8.87. The zero-order chi connectivity index (χ0) is 14.0. The lowest BCUT2D eigenvalue weighted by atomic mass is 10.0. The molecule has 2 aromatic rings. The topological polar surface area (TPSA) is 42.9 Å². The number of hydrogen-bond acceptors (Lipinski definition) is 3. The van der Waals surface area contributed by atoms with E-state index in [2.05, 4.69) is 10.2 Å². The molecule has 0 aliphatic heterocycles. The van der Waals surface area contributed by atoms with Gasteiger partial charge in [-0.1, -0.05) is 30.1 Å². The molecular weight excluding hydrogens is 283 g/mol. The van der Waals surface area contributed by atoms with E-state index >= 15 is 0 Å². The zero-order valence-electron chi connectivity index (χ0n) is 10.6. The third-order valence-corrected chi connectivity index (χ3v) is 3.31. The van der Waals surface area contributed by atoms with E-state index in [1.165, 1.54) is 0 Å². The predicted octanol–water partition coefficient (Wildman–Crippen LogP) is 3.89. The Bertz CT molecular complexity index is 641. The molecule has 98 valence electrons. The Labute approximate surface area is 121 Å². The first-order valence-corrected chi connectivity index (χ1v) is 6.61. The van der Waals surface area contributed by atoms with Crippen molar-refractivity contribution in [2.24, 2.45) is 0 Å². The van der Waals surface area contributed by atoms with Crippen molar-refractivity contribution < 1.29 is 4.79 Å². The Hall–Kier alpha value is -1.45. The molecule has 1 aromatic heterocycles. The van der Waals surface area contributed by atoms with Gasteiger partial charge in [0.1, 0.15) is 0 Å². The minimum Gasteiger partial charge on any atom is -0.288 e. The summed E-state index contributed by atoms with van der Waals surface area (Å²) >= 11 is 12.0. The van der Waals surface area contributed by atoms with Gasteiger partial charge in [-0.25, -0.2) is 0 Å². The molecule has 0 unspecified atom stereocenters. The quantitative estimate of drug-likeness (QED) is 0.807. The van der Waals surface area contributed by atoms with E-state index in [1.54, 1.807) is 31.2 Å². The van der Waals surface area contributed by atoms with Crippen LogP contribution in [0.2, 0.25) is 10.0 Å². The molecule has 0 saturated heterocycles. The van der Waals surface area contributed by atoms with Crippen LogP contribution < -0.4 is 0 Å². The second kappa shape index (κ2) is 5.68. The third kappa shape index (κ3) is 2.94. The van der Waals surface area contributed by atoms with Gasteiger partial charge in [0.05, 0.1) is 16.4 Å². The maximum atomic E-state index is 12.5. The second-order valence-electron chi connectivity index (χ2n) is 4.15. The minimum atomic E-state index is -0.178. The van der Waals surface area contributed by atoms with Crippen molar-refractivity contribution in [3.63, 3.8) is 0 Å². The van der Waals surface area contributed by atoms with E-state index < -0.39 is 0 Å². The summed E-state index contributed by atoms with van der Waals surface area (Å²) < 4.78 is 0. The standard InChI is InChI=1S/C14H12Cl2N2O/c1-3-13-11(6-8(2)17-18-13)14(19)10-7-9(15)4-5-12(10)16/h4-7H,3H2,1-2H3. The summed E-state index contributed by atoms with van der Waals surface area (Å²) in [6.07, 6.45) is 0.631. The maximum Gasteiger partial charge on any atom is 0.196 e. The molecule has 0 radical (unpaired) electrons. The molecule has 0 bridgehead atoms. The molecule has 0 atom stereocenters. The normalized spacial score (nSPS) is 10.5. The number of rotatable bonds is 3. The molecule has 0 amide bonds. The summed E-state index contributed by atoms with van der Waals surface area (Å²) in [5.41, 5.74) is 2.26. The van der Waals surface area contributed by atoms with Crippen LogP contribution in [0.4, 0.5) is 0 Å². The molecule has 0 aliphatic rings. The number of aryl methyl sites for hydroxylation is 2. The number of carbonyl (C=O) groups excluding carboxylic acids is 1. The van der Waals surface area contributed by atoms with Crippen LogP contribution in [0, 0.1) is 6.92 Å². The van der Waals surface area contributed by atoms with Gasteiger partial charge in [0, 0.05) is 16.1 Å². The predicted molar refractivity (Wildman–Crippen MR) is 76.0 cm³/mol. The van der Waals surface area contributed by atoms with E-state index in [0.717, 1.165) is 0 Å². The molecule has 0 aliphatic carbocycles. The number of carbonyl (C=O) groups is 1. The van der Waals surface area contributed by atoms with Crippen molar-refractivity contribution in [2.45, 2.75) is 20.3 Å². The highest BCUT2D eigenvalue weighted by molar-refractivity contribution is 6.36. The average molecular weight is 295 g/mol. The monoisotopic (exact) mass is 294 g/mol. The van der Waals surface area contributed by atoms with Crippen LogP contribution in [0.3, 0.4) is 0 Å². The first-order chi connectivity index (χ1) is 9.02. The van der Waals surface area contributed by atoms with Crippen LogP contribution in [0.1, 0.15) is 34.2 Å². The first kappa shape index (κ1) is 14.0. The van der Waals surface area contributed by atoms with Gasteiger partial charge in [-0.15, -0.1) is 0 Å². The van der Waals surface area contributed by atoms with Gasteiger partial charge >= 0.3 is 0 Å². The van der Waals surface area contributed by atoms with Crippen LogP contribution in [0.15, 0.2) is 24.3 Å². The van der Waals surface area contributed by atoms with E-state index in [-0.39, 0.29) is 5.78 Å². The average Bonchev–Trinajstić information content (AvgIpc) is 2.40. The number of hydrogen-bond donors (Lipinski definition) is 0. The fraction of sp³-hybridized carbons (Fsp3) is 0.214. The molecular formula is C14H12Cl2N2O. The van der Waals surface area contributed by atoms with E-state index in [4.69, 9.17) is 23.2 Å². The van der Waals surface area contributed by atoms with E-state index in [0.29, 0.717) is 39.0 Å². The van der Waals surface area contributed by atoms with Gasteiger partial charge in [-0.3, -0.25) is 4.79 Å². The maximum absolute atomic E-state index is 12.5. The Morgan fingerprint density at radius 3 is 2.58 bits per heavy atom. The molecule has 2 rings (SSSR count). The highest BCUT2D eigenvalue weighted by atomic mass is 35.5. The van der Waals surface area contributed by atoms with Crippen molar-refractivity contribution in [3.05, 3.63) is 56.8 Å². The molecule has 1 heterocycles. The van der Waals surface area contributed by atoms with Crippen LogP contribution >= 0.6 is 23.2 Å². The minimum absolute atomic E-state index is 0.178. The van der Waals surface area contributed by atoms with Crippen LogP contribution in [0.5, 0.6) is 0 Å². The highest BCUT2D eigenvalue weighted by Gasteiger charge is 2.18. The van der Waals surface area contributed by atoms with Crippen molar-refractivity contribution in [1.29, 1.82) is 0 Å². The summed E-state index contributed by atoms with van der Waals surface area (Å²) in [7, 11) is 0. The van der Waals surface area contributed by atoms with Gasteiger partial charge in [0.2, 0.25) is 0 Å². The largest absolute Gasteiger partial charge is 0.288 e. The SMILES string of the molecule is CCc1nnc(C)cc1C(=O)c1cc(Cl)ccc1Cl. The van der Waals surface area contributed by atoms with Gasteiger partial charge in [-0.05, 0) is 37.6 Å². The zero-order valence-corrected chi connectivity index (χ0v) is 12.1. The highest BCUT2D eigenvalue weighted by Crippen LogP contribution is 2.24. The Balaban J connectivity index is 2.55. The molecule has 0 spiro atoms. The van der Waals surface area contributed by atoms with Gasteiger partial charge in [0.25, 0.3) is 0 Å². The summed E-state index contributed by atoms with van der Waals surface area (Å²) in [5.74, 6) is -0.178. The molecule has 3 nitrogen and oxygen atoms in total. The molecule has 1 aromatic carbocycles. The molecule has 19 heavy (non-hydrogen) atoms. The Morgan fingerprint density at radius 1 is 1.16 bits per heavy atom.